The molecule has 7 nitrogen and oxygen atoms in total. The van der Waals surface area contributed by atoms with E-state index in [4.69, 9.17) is 4.74 Å². The van der Waals surface area contributed by atoms with Crippen molar-refractivity contribution in [3.63, 3.8) is 0 Å². The summed E-state index contributed by atoms with van der Waals surface area (Å²) in [4.78, 5) is 44.4. The van der Waals surface area contributed by atoms with E-state index < -0.39 is 53.4 Å². The Hall–Kier alpha value is -4.02. The number of rotatable bonds is 5. The Morgan fingerprint density at radius 2 is 1.52 bits per heavy atom. The molecule has 2 N–H and O–H groups in total. The maximum atomic E-state index is 14.6. The highest BCUT2D eigenvalue weighted by Gasteiger charge is 2.74. The second-order valence-corrected chi connectivity index (χ2v) is 13.3. The third-order valence-corrected chi connectivity index (χ3v) is 10.1. The lowest BCUT2D eigenvalue weighted by molar-refractivity contribution is -0.179. The van der Waals surface area contributed by atoms with E-state index in [1.54, 1.807) is 0 Å². The van der Waals surface area contributed by atoms with E-state index in [1.165, 1.54) is 0 Å². The summed E-state index contributed by atoms with van der Waals surface area (Å²) in [5.74, 6) is -3.51. The number of halogens is 1. The second kappa shape index (κ2) is 10.9. The second-order valence-electron chi connectivity index (χ2n) is 12.1. The number of morpholine rings is 1. The molecule has 222 valence electrons. The van der Waals surface area contributed by atoms with E-state index in [0.29, 0.717) is 11.3 Å². The third kappa shape index (κ3) is 4.22. The van der Waals surface area contributed by atoms with Crippen LogP contribution in [0, 0.1) is 9.49 Å². The highest BCUT2D eigenvalue weighted by molar-refractivity contribution is 14.1. The monoisotopic (exact) mass is 698 g/mol. The van der Waals surface area contributed by atoms with Gasteiger partial charge < -0.3 is 15.2 Å². The van der Waals surface area contributed by atoms with E-state index in [1.807, 2.05) is 102 Å². The van der Waals surface area contributed by atoms with Crippen LogP contribution in [0.15, 0.2) is 103 Å². The SMILES string of the molecule is CC(C)c1cccc([C@H]2N3[C@H](C(=O)O[C@H](c4ccccc4)[C@@H]3c3ccccc3)[C@@H](C(=O)O)[C@]23C(=O)Nc2ccc(I)cc23)c1. The maximum Gasteiger partial charge on any atom is 0.325 e. The minimum atomic E-state index is -1.61. The number of hydrogen-bond donors (Lipinski definition) is 2. The Kier molecular flexibility index (Phi) is 7.09. The minimum absolute atomic E-state index is 0.192. The Labute approximate surface area is 269 Å². The van der Waals surface area contributed by atoms with Gasteiger partial charge in [0.1, 0.15) is 23.5 Å². The van der Waals surface area contributed by atoms with Gasteiger partial charge in [-0.3, -0.25) is 19.3 Å². The number of benzene rings is 4. The Balaban J connectivity index is 1.58. The van der Waals surface area contributed by atoms with Crippen molar-refractivity contribution in [3.05, 3.63) is 135 Å². The van der Waals surface area contributed by atoms with Gasteiger partial charge >= 0.3 is 11.9 Å². The van der Waals surface area contributed by atoms with Crippen LogP contribution in [-0.2, 0) is 24.5 Å². The van der Waals surface area contributed by atoms with Gasteiger partial charge in [0, 0.05) is 9.26 Å². The van der Waals surface area contributed by atoms with Crippen molar-refractivity contribution in [2.75, 3.05) is 5.32 Å². The topological polar surface area (TPSA) is 95.9 Å². The van der Waals surface area contributed by atoms with Gasteiger partial charge in [-0.25, -0.2) is 0 Å². The van der Waals surface area contributed by atoms with E-state index >= 15 is 0 Å². The van der Waals surface area contributed by atoms with Crippen LogP contribution in [0.1, 0.15) is 65.8 Å². The van der Waals surface area contributed by atoms with Crippen molar-refractivity contribution in [2.45, 2.75) is 49.4 Å². The average Bonchev–Trinajstić information content (AvgIpc) is 3.50. The van der Waals surface area contributed by atoms with Crippen LogP contribution in [0.25, 0.3) is 0 Å². The zero-order valence-electron chi connectivity index (χ0n) is 24.2. The molecule has 4 aromatic rings. The van der Waals surface area contributed by atoms with Crippen LogP contribution in [0.3, 0.4) is 0 Å². The molecule has 6 atom stereocenters. The van der Waals surface area contributed by atoms with Gasteiger partial charge in [-0.2, -0.15) is 0 Å². The van der Waals surface area contributed by atoms with E-state index in [0.717, 1.165) is 25.8 Å². The van der Waals surface area contributed by atoms with Crippen molar-refractivity contribution in [3.8, 4) is 0 Å². The summed E-state index contributed by atoms with van der Waals surface area (Å²) in [7, 11) is 0. The van der Waals surface area contributed by atoms with Crippen LogP contribution < -0.4 is 5.32 Å². The molecular formula is C36H31IN2O5. The fraction of sp³-hybridized carbons (Fsp3) is 0.250. The van der Waals surface area contributed by atoms with Gasteiger partial charge in [-0.1, -0.05) is 98.8 Å². The molecule has 1 spiro atoms. The van der Waals surface area contributed by atoms with Crippen molar-refractivity contribution < 1.29 is 24.2 Å². The number of fused-ring (bicyclic) bond motifs is 3. The summed E-state index contributed by atoms with van der Waals surface area (Å²) in [6, 6.07) is 30.3. The number of carbonyl (C=O) groups excluding carboxylic acids is 2. The van der Waals surface area contributed by atoms with Gasteiger partial charge in [0.15, 0.2) is 0 Å². The van der Waals surface area contributed by atoms with Crippen LogP contribution in [0.4, 0.5) is 5.69 Å². The Morgan fingerprint density at radius 1 is 0.864 bits per heavy atom. The lowest BCUT2D eigenvalue weighted by Gasteiger charge is -2.46. The van der Waals surface area contributed by atoms with Crippen LogP contribution >= 0.6 is 22.6 Å². The standard InChI is InChI=1S/C36H31IN2O5/c1-20(2)23-14-9-15-24(18-23)32-36(26-19-25(37)16-17-27(26)38-35(36)43)28(33(40)41)30-34(42)44-31(22-12-7-4-8-13-22)29(39(30)32)21-10-5-3-6-11-21/h3-20,28-32H,1-2H3,(H,38,43)(H,40,41)/t28-,29-,30-,31+,32+,36-/m0/s1. The van der Waals surface area contributed by atoms with Crippen molar-refractivity contribution in [1.82, 2.24) is 4.90 Å². The smallest absolute Gasteiger partial charge is 0.325 e. The fourth-order valence-electron chi connectivity index (χ4n) is 7.63. The third-order valence-electron chi connectivity index (χ3n) is 9.43. The predicted molar refractivity (Wildman–Crippen MR) is 174 cm³/mol. The number of anilines is 1. The average molecular weight is 699 g/mol. The number of esters is 1. The highest BCUT2D eigenvalue weighted by atomic mass is 127. The number of carboxylic acid groups (broad SMARTS) is 1. The molecule has 8 heteroatoms. The fourth-order valence-corrected chi connectivity index (χ4v) is 8.12. The summed E-state index contributed by atoms with van der Waals surface area (Å²) in [5.41, 5.74) is 3.05. The molecule has 3 aliphatic rings. The summed E-state index contributed by atoms with van der Waals surface area (Å²) in [6.45, 7) is 4.20. The Morgan fingerprint density at radius 3 is 2.18 bits per heavy atom. The molecular weight excluding hydrogens is 667 g/mol. The summed E-state index contributed by atoms with van der Waals surface area (Å²) in [6.07, 6.45) is -0.734. The summed E-state index contributed by atoms with van der Waals surface area (Å²) < 4.78 is 7.12. The number of ether oxygens (including phenoxy) is 1. The molecule has 2 fully saturated rings. The minimum Gasteiger partial charge on any atom is -0.481 e. The van der Waals surface area contributed by atoms with Gasteiger partial charge in [0.2, 0.25) is 5.91 Å². The first-order chi connectivity index (χ1) is 21.2. The summed E-state index contributed by atoms with van der Waals surface area (Å²) in [5, 5.41) is 14.1. The van der Waals surface area contributed by atoms with Crippen molar-refractivity contribution >= 4 is 46.1 Å². The first kappa shape index (κ1) is 28.7. The number of nitrogens with one attached hydrogen (secondary N) is 1. The molecule has 0 aliphatic carbocycles. The molecule has 7 rings (SSSR count). The quantitative estimate of drug-likeness (QED) is 0.177. The van der Waals surface area contributed by atoms with Gasteiger partial charge in [-0.15, -0.1) is 0 Å². The number of amides is 1. The first-order valence-electron chi connectivity index (χ1n) is 14.8. The molecule has 44 heavy (non-hydrogen) atoms. The largest absolute Gasteiger partial charge is 0.481 e. The number of carboxylic acids is 1. The molecule has 0 radical (unpaired) electrons. The molecule has 4 aromatic carbocycles. The van der Waals surface area contributed by atoms with Crippen LogP contribution in [-0.4, -0.2) is 33.9 Å². The number of hydrogen-bond acceptors (Lipinski definition) is 5. The normalized spacial score (nSPS) is 27.6. The lowest BCUT2D eigenvalue weighted by atomic mass is 9.65. The zero-order valence-corrected chi connectivity index (χ0v) is 26.3. The summed E-state index contributed by atoms with van der Waals surface area (Å²) >= 11 is 2.19. The molecule has 0 unspecified atom stereocenters. The molecule has 0 saturated carbocycles. The van der Waals surface area contributed by atoms with E-state index in [2.05, 4.69) is 47.8 Å². The molecule has 1 amide bonds. The molecule has 3 aliphatic heterocycles. The lowest BCUT2D eigenvalue weighted by Crippen LogP contribution is -2.52. The van der Waals surface area contributed by atoms with Gasteiger partial charge in [0.05, 0.1) is 12.1 Å². The van der Waals surface area contributed by atoms with Crippen LogP contribution in [0.5, 0.6) is 0 Å². The maximum absolute atomic E-state index is 14.6. The van der Waals surface area contributed by atoms with Gasteiger partial charge in [-0.05, 0) is 74.5 Å². The van der Waals surface area contributed by atoms with E-state index in [9.17, 15) is 19.5 Å². The van der Waals surface area contributed by atoms with Crippen LogP contribution in [0.2, 0.25) is 0 Å². The first-order valence-corrected chi connectivity index (χ1v) is 15.8. The van der Waals surface area contributed by atoms with Crippen molar-refractivity contribution in [2.24, 2.45) is 5.92 Å². The van der Waals surface area contributed by atoms with Crippen molar-refractivity contribution in [1.29, 1.82) is 0 Å². The number of cyclic esters (lactones) is 1. The predicted octanol–water partition coefficient (Wildman–Crippen LogP) is 6.77. The number of carbonyl (C=O) groups is 3. The Bertz CT molecular complexity index is 1780. The molecule has 2 saturated heterocycles. The highest BCUT2D eigenvalue weighted by Crippen LogP contribution is 2.64. The van der Waals surface area contributed by atoms with Gasteiger partial charge in [0.25, 0.3) is 0 Å². The van der Waals surface area contributed by atoms with E-state index in [-0.39, 0.29) is 5.92 Å². The zero-order chi connectivity index (χ0) is 30.7. The molecule has 0 bridgehead atoms. The number of nitrogens with zero attached hydrogens (tertiary/aromatic N) is 1. The molecule has 0 aromatic heterocycles. The molecule has 3 heterocycles. The number of aliphatic carboxylic acids is 1.